The maximum Gasteiger partial charge on any atom is 0.417 e. The lowest BCUT2D eigenvalue weighted by Crippen LogP contribution is -2.46. The number of carbonyl (C=O) groups excluding carboxylic acids is 1. The number of hydrogen-bond acceptors (Lipinski definition) is 4. The van der Waals surface area contributed by atoms with Crippen LogP contribution in [-0.2, 0) is 6.18 Å². The van der Waals surface area contributed by atoms with E-state index in [-0.39, 0.29) is 6.54 Å². The molecular weight excluding hydrogens is 335 g/mol. The van der Waals surface area contributed by atoms with Gasteiger partial charge in [0.05, 0.1) is 16.7 Å². The van der Waals surface area contributed by atoms with E-state index < -0.39 is 28.8 Å². The van der Waals surface area contributed by atoms with Gasteiger partial charge in [0.1, 0.15) is 0 Å². The van der Waals surface area contributed by atoms with Gasteiger partial charge in [0.25, 0.3) is 5.91 Å². The highest BCUT2D eigenvalue weighted by Crippen LogP contribution is 2.32. The smallest absolute Gasteiger partial charge is 0.386 e. The van der Waals surface area contributed by atoms with Crippen molar-refractivity contribution >= 4 is 29.4 Å². The average Bonchev–Trinajstić information content (AvgIpc) is 2.69. The number of alkyl halides is 3. The maximum atomic E-state index is 12.9. The number of benzene rings is 1. The minimum absolute atomic E-state index is 0.0575. The summed E-state index contributed by atoms with van der Waals surface area (Å²) in [5.41, 5.74) is -2.48. The van der Waals surface area contributed by atoms with E-state index in [9.17, 15) is 23.1 Å². The van der Waals surface area contributed by atoms with Crippen molar-refractivity contribution in [3.63, 3.8) is 0 Å². The highest BCUT2D eigenvalue weighted by molar-refractivity contribution is 8.03. The van der Waals surface area contributed by atoms with Gasteiger partial charge < -0.3 is 10.4 Å². The first-order valence-corrected chi connectivity index (χ1v) is 8.95. The van der Waals surface area contributed by atoms with Crippen molar-refractivity contribution in [1.29, 1.82) is 0 Å². The summed E-state index contributed by atoms with van der Waals surface area (Å²) in [5.74, 6) is 1.93. The second kappa shape index (κ2) is 7.14. The molecule has 1 aromatic carbocycles. The summed E-state index contributed by atoms with van der Waals surface area (Å²) in [6.45, 7) is -0.0575. The Bertz CT molecular complexity index is 529. The molecule has 22 heavy (non-hydrogen) atoms. The Balaban J connectivity index is 2.07. The third kappa shape index (κ3) is 4.57. The minimum Gasteiger partial charge on any atom is -0.386 e. The molecule has 0 atom stereocenters. The van der Waals surface area contributed by atoms with E-state index in [2.05, 4.69) is 5.32 Å². The Morgan fingerprint density at radius 2 is 1.82 bits per heavy atom. The van der Waals surface area contributed by atoms with Crippen LogP contribution in [0.2, 0.25) is 0 Å². The van der Waals surface area contributed by atoms with Crippen LogP contribution in [0.25, 0.3) is 0 Å². The van der Waals surface area contributed by atoms with E-state index in [0.717, 1.165) is 23.6 Å². The summed E-state index contributed by atoms with van der Waals surface area (Å²) in [5, 5.41) is 12.8. The zero-order valence-corrected chi connectivity index (χ0v) is 13.3. The lowest BCUT2D eigenvalue weighted by atomic mass is 10.1. The molecular formula is C14H16F3NO2S2. The Morgan fingerprint density at radius 3 is 2.41 bits per heavy atom. The second-order valence-electron chi connectivity index (χ2n) is 5.06. The molecule has 0 spiro atoms. The summed E-state index contributed by atoms with van der Waals surface area (Å²) >= 11 is 3.15. The summed E-state index contributed by atoms with van der Waals surface area (Å²) in [7, 11) is 0. The lowest BCUT2D eigenvalue weighted by Gasteiger charge is -2.26. The van der Waals surface area contributed by atoms with Crippen molar-refractivity contribution in [2.24, 2.45) is 0 Å². The van der Waals surface area contributed by atoms with E-state index in [0.29, 0.717) is 11.5 Å². The largest absolute Gasteiger partial charge is 0.417 e. The van der Waals surface area contributed by atoms with Crippen LogP contribution in [0, 0.1) is 0 Å². The number of thioether (sulfide) groups is 2. The first-order chi connectivity index (χ1) is 10.3. The van der Waals surface area contributed by atoms with Crippen molar-refractivity contribution < 1.29 is 23.1 Å². The van der Waals surface area contributed by atoms with Gasteiger partial charge in [-0.15, -0.1) is 0 Å². The van der Waals surface area contributed by atoms with Crippen molar-refractivity contribution in [2.45, 2.75) is 11.8 Å². The molecule has 1 heterocycles. The Morgan fingerprint density at radius 1 is 1.23 bits per heavy atom. The zero-order chi connectivity index (χ0) is 16.2. The summed E-state index contributed by atoms with van der Waals surface area (Å²) in [6.07, 6.45) is -4.58. The predicted molar refractivity (Wildman–Crippen MR) is 83.4 cm³/mol. The van der Waals surface area contributed by atoms with Crippen LogP contribution in [0.5, 0.6) is 0 Å². The van der Waals surface area contributed by atoms with Crippen LogP contribution < -0.4 is 5.32 Å². The molecule has 0 saturated carbocycles. The van der Waals surface area contributed by atoms with Crippen molar-refractivity contribution in [3.8, 4) is 0 Å². The SMILES string of the molecule is O=C(NCC1(O)CSCCSC1)c1ccccc1C(F)(F)F. The van der Waals surface area contributed by atoms with E-state index in [1.807, 2.05) is 0 Å². The molecule has 8 heteroatoms. The molecule has 1 aliphatic heterocycles. The number of hydrogen-bond donors (Lipinski definition) is 2. The second-order valence-corrected chi connectivity index (χ2v) is 7.27. The number of nitrogens with one attached hydrogen (secondary N) is 1. The fourth-order valence-corrected chi connectivity index (χ4v) is 4.58. The number of halogens is 3. The highest BCUT2D eigenvalue weighted by Gasteiger charge is 2.35. The molecule has 1 aromatic rings. The molecule has 122 valence electrons. The van der Waals surface area contributed by atoms with Crippen LogP contribution >= 0.6 is 23.5 Å². The Kier molecular flexibility index (Phi) is 5.68. The van der Waals surface area contributed by atoms with Crippen LogP contribution in [0.15, 0.2) is 24.3 Å². The molecule has 0 aliphatic carbocycles. The van der Waals surface area contributed by atoms with Gasteiger partial charge in [-0.1, -0.05) is 12.1 Å². The molecule has 0 bridgehead atoms. The maximum absolute atomic E-state index is 12.9. The summed E-state index contributed by atoms with van der Waals surface area (Å²) in [4.78, 5) is 12.0. The molecule has 0 unspecified atom stereocenters. The third-order valence-electron chi connectivity index (χ3n) is 3.17. The molecule has 1 aliphatic rings. The topological polar surface area (TPSA) is 49.3 Å². The molecule has 1 saturated heterocycles. The molecule has 1 fully saturated rings. The van der Waals surface area contributed by atoms with Gasteiger partial charge in [-0.2, -0.15) is 36.7 Å². The highest BCUT2D eigenvalue weighted by atomic mass is 32.2. The van der Waals surface area contributed by atoms with Crippen LogP contribution in [0.3, 0.4) is 0 Å². The fourth-order valence-electron chi connectivity index (χ4n) is 2.05. The molecule has 2 N–H and O–H groups in total. The van der Waals surface area contributed by atoms with Crippen LogP contribution in [0.1, 0.15) is 15.9 Å². The number of aliphatic hydroxyl groups is 1. The van der Waals surface area contributed by atoms with Crippen molar-refractivity contribution in [1.82, 2.24) is 5.32 Å². The monoisotopic (exact) mass is 351 g/mol. The first-order valence-electron chi connectivity index (χ1n) is 6.64. The van der Waals surface area contributed by atoms with E-state index in [1.165, 1.54) is 12.1 Å². The average molecular weight is 351 g/mol. The minimum atomic E-state index is -4.58. The van der Waals surface area contributed by atoms with E-state index in [4.69, 9.17) is 0 Å². The first kappa shape index (κ1) is 17.5. The van der Waals surface area contributed by atoms with Crippen LogP contribution in [0.4, 0.5) is 13.2 Å². The molecule has 1 amide bonds. The van der Waals surface area contributed by atoms with Gasteiger partial charge in [0, 0.05) is 29.6 Å². The number of rotatable bonds is 3. The summed E-state index contributed by atoms with van der Waals surface area (Å²) < 4.78 is 38.7. The van der Waals surface area contributed by atoms with Gasteiger partial charge >= 0.3 is 6.18 Å². The summed E-state index contributed by atoms with van der Waals surface area (Å²) in [6, 6.07) is 4.64. The van der Waals surface area contributed by atoms with E-state index in [1.54, 1.807) is 23.5 Å². The third-order valence-corrected chi connectivity index (χ3v) is 5.90. The van der Waals surface area contributed by atoms with E-state index >= 15 is 0 Å². The van der Waals surface area contributed by atoms with Gasteiger partial charge in [0.15, 0.2) is 0 Å². The zero-order valence-electron chi connectivity index (χ0n) is 11.7. The molecule has 3 nitrogen and oxygen atoms in total. The molecule has 2 rings (SSSR count). The standard InChI is InChI=1S/C14H16F3NO2S2/c15-14(16,17)11-4-2-1-3-10(11)12(19)18-7-13(20)8-21-5-6-22-9-13/h1-4,20H,5-9H2,(H,18,19). The van der Waals surface area contributed by atoms with Gasteiger partial charge in [-0.05, 0) is 12.1 Å². The van der Waals surface area contributed by atoms with Crippen LogP contribution in [-0.4, -0.2) is 46.2 Å². The normalized spacial score (nSPS) is 18.5. The number of amides is 1. The van der Waals surface area contributed by atoms with Gasteiger partial charge in [-0.25, -0.2) is 0 Å². The van der Waals surface area contributed by atoms with Crippen molar-refractivity contribution in [2.75, 3.05) is 29.6 Å². The predicted octanol–water partition coefficient (Wildman–Crippen LogP) is 2.65. The molecule has 0 aromatic heterocycles. The molecule has 0 radical (unpaired) electrons. The Labute approximate surface area is 135 Å². The Hall–Kier alpha value is -0.860. The lowest BCUT2D eigenvalue weighted by molar-refractivity contribution is -0.137. The van der Waals surface area contributed by atoms with Crippen molar-refractivity contribution in [3.05, 3.63) is 35.4 Å². The number of carbonyl (C=O) groups is 1. The fraction of sp³-hybridized carbons (Fsp3) is 0.500. The quantitative estimate of drug-likeness (QED) is 0.879. The van der Waals surface area contributed by atoms with Gasteiger partial charge in [0.2, 0.25) is 0 Å². The van der Waals surface area contributed by atoms with Gasteiger partial charge in [-0.3, -0.25) is 4.79 Å².